The normalized spacial score (nSPS) is 13.1. The predicted molar refractivity (Wildman–Crippen MR) is 140 cm³/mol. The number of halogens is 2. The topological polar surface area (TPSA) is 92.0 Å². The van der Waals surface area contributed by atoms with Crippen LogP contribution in [0.15, 0.2) is 44.7 Å². The minimum absolute atomic E-state index is 0.00570. The van der Waals surface area contributed by atoms with Gasteiger partial charge in [0.25, 0.3) is 5.56 Å². The number of rotatable bonds is 9. The number of nitrogens with zero attached hydrogens (tertiary/aromatic N) is 3. The molecule has 3 rings (SSSR count). The van der Waals surface area contributed by atoms with Crippen LogP contribution in [0.5, 0.6) is 11.5 Å². The Kier molecular flexibility index (Phi) is 8.91. The van der Waals surface area contributed by atoms with Crippen molar-refractivity contribution in [1.82, 2.24) is 9.66 Å². The molecule has 0 saturated heterocycles. The molecule has 10 heteroatoms. The molecule has 0 aliphatic carbocycles. The van der Waals surface area contributed by atoms with Crippen molar-refractivity contribution in [3.05, 3.63) is 61.6 Å². The molecular weight excluding hydrogens is 538 g/mol. The second-order valence-corrected chi connectivity index (χ2v) is 9.17. The summed E-state index contributed by atoms with van der Waals surface area (Å²) in [7, 11) is 1.46. The van der Waals surface area contributed by atoms with E-state index in [0.29, 0.717) is 28.0 Å². The third kappa shape index (κ3) is 6.02. The summed E-state index contributed by atoms with van der Waals surface area (Å²) in [5.74, 6) is 0.575. The zero-order chi connectivity index (χ0) is 25.7. The maximum atomic E-state index is 13.3. The summed E-state index contributed by atoms with van der Waals surface area (Å²) in [5.41, 5.74) is 0.908. The molecule has 1 aromatic heterocycles. The van der Waals surface area contributed by atoms with E-state index >= 15 is 0 Å². The van der Waals surface area contributed by atoms with Gasteiger partial charge in [0.1, 0.15) is 5.82 Å². The first kappa shape index (κ1) is 26.7. The Labute approximate surface area is 217 Å². The van der Waals surface area contributed by atoms with Gasteiger partial charge < -0.3 is 14.2 Å². The molecule has 0 aliphatic rings. The first-order chi connectivity index (χ1) is 16.7. The molecule has 3 aromatic rings. The predicted octanol–water partition coefficient (Wildman–Crippen LogP) is 5.55. The maximum Gasteiger partial charge on any atom is 0.347 e. The molecule has 0 saturated carbocycles. The van der Waals surface area contributed by atoms with E-state index in [-0.39, 0.29) is 28.9 Å². The highest BCUT2D eigenvalue weighted by Gasteiger charge is 2.21. The Morgan fingerprint density at radius 2 is 2.00 bits per heavy atom. The quantitative estimate of drug-likeness (QED) is 0.250. The Hall–Kier alpha value is -2.91. The van der Waals surface area contributed by atoms with Gasteiger partial charge in [0.05, 0.1) is 35.9 Å². The van der Waals surface area contributed by atoms with Crippen molar-refractivity contribution < 1.29 is 19.0 Å². The smallest absolute Gasteiger partial charge is 0.347 e. The van der Waals surface area contributed by atoms with Crippen molar-refractivity contribution >= 4 is 50.6 Å². The highest BCUT2D eigenvalue weighted by molar-refractivity contribution is 9.10. The fourth-order valence-electron chi connectivity index (χ4n) is 3.32. The SMILES string of the molecule is CCOC(=O)[C@@H](C)Oc1c(Cl)cc(C=Nn2c([C@@H](C)CC)nc3ccc(Br)cc3c2=O)cc1OC. The summed E-state index contributed by atoms with van der Waals surface area (Å²) in [5, 5.41) is 5.13. The number of hydrogen-bond acceptors (Lipinski definition) is 7. The molecular formula is C25H27BrClN3O5. The highest BCUT2D eigenvalue weighted by atomic mass is 79.9. The van der Waals surface area contributed by atoms with Crippen LogP contribution in [-0.4, -0.2) is 41.7 Å². The Bertz CT molecular complexity index is 1320. The van der Waals surface area contributed by atoms with Gasteiger partial charge in [0.15, 0.2) is 17.6 Å². The summed E-state index contributed by atoms with van der Waals surface area (Å²) >= 11 is 9.86. The molecule has 0 N–H and O–H groups in total. The number of esters is 1. The molecule has 2 aromatic carbocycles. The van der Waals surface area contributed by atoms with E-state index < -0.39 is 12.1 Å². The highest BCUT2D eigenvalue weighted by Crippen LogP contribution is 2.37. The number of benzene rings is 2. The third-order valence-corrected chi connectivity index (χ3v) is 6.15. The fourth-order valence-corrected chi connectivity index (χ4v) is 3.94. The van der Waals surface area contributed by atoms with Crippen LogP contribution < -0.4 is 15.0 Å². The zero-order valence-corrected chi connectivity index (χ0v) is 22.5. The summed E-state index contributed by atoms with van der Waals surface area (Å²) in [6, 6.07) is 8.65. The first-order valence-corrected chi connectivity index (χ1v) is 12.3. The van der Waals surface area contributed by atoms with Crippen molar-refractivity contribution in [3.63, 3.8) is 0 Å². The van der Waals surface area contributed by atoms with Crippen LogP contribution in [-0.2, 0) is 9.53 Å². The second-order valence-electron chi connectivity index (χ2n) is 7.85. The van der Waals surface area contributed by atoms with Crippen molar-refractivity contribution in [2.75, 3.05) is 13.7 Å². The molecule has 0 aliphatic heterocycles. The van der Waals surface area contributed by atoms with E-state index in [2.05, 4.69) is 21.0 Å². The molecule has 35 heavy (non-hydrogen) atoms. The zero-order valence-electron chi connectivity index (χ0n) is 20.2. The van der Waals surface area contributed by atoms with E-state index in [1.54, 1.807) is 38.1 Å². The lowest BCUT2D eigenvalue weighted by Crippen LogP contribution is -2.26. The molecule has 0 fully saturated rings. The van der Waals surface area contributed by atoms with Crippen LogP contribution in [0.2, 0.25) is 5.02 Å². The van der Waals surface area contributed by atoms with Crippen molar-refractivity contribution in [2.45, 2.75) is 46.1 Å². The molecule has 2 atom stereocenters. The van der Waals surface area contributed by atoms with Gasteiger partial charge >= 0.3 is 5.97 Å². The average molecular weight is 565 g/mol. The standard InChI is InChI=1S/C25H27BrClN3O5/c1-6-14(3)23-29-20-9-8-17(26)12-18(20)24(31)30(23)28-13-16-10-19(27)22(21(11-16)33-5)35-15(4)25(32)34-7-2/h8-15H,6-7H2,1-5H3/t14-,15+/m0/s1. The average Bonchev–Trinajstić information content (AvgIpc) is 2.84. The summed E-state index contributed by atoms with van der Waals surface area (Å²) in [4.78, 5) is 30.0. The molecule has 0 radical (unpaired) electrons. The van der Waals surface area contributed by atoms with E-state index in [1.807, 2.05) is 19.9 Å². The minimum atomic E-state index is -0.875. The van der Waals surface area contributed by atoms with Gasteiger partial charge in [-0.15, -0.1) is 0 Å². The van der Waals surface area contributed by atoms with Crippen molar-refractivity contribution in [1.29, 1.82) is 0 Å². The Morgan fingerprint density at radius 1 is 1.26 bits per heavy atom. The second kappa shape index (κ2) is 11.7. The largest absolute Gasteiger partial charge is 0.493 e. The van der Waals surface area contributed by atoms with Crippen molar-refractivity contribution in [2.24, 2.45) is 5.10 Å². The molecule has 0 amide bonds. The lowest BCUT2D eigenvalue weighted by molar-refractivity contribution is -0.150. The van der Waals surface area contributed by atoms with Gasteiger partial charge in [-0.25, -0.2) is 9.78 Å². The van der Waals surface area contributed by atoms with Crippen LogP contribution >= 0.6 is 27.5 Å². The van der Waals surface area contributed by atoms with Gasteiger partial charge in [0.2, 0.25) is 0 Å². The fraction of sp³-hybridized carbons (Fsp3) is 0.360. The number of hydrogen-bond donors (Lipinski definition) is 0. The minimum Gasteiger partial charge on any atom is -0.493 e. The van der Waals surface area contributed by atoms with Gasteiger partial charge in [-0.05, 0) is 56.2 Å². The van der Waals surface area contributed by atoms with Crippen LogP contribution in [0.25, 0.3) is 10.9 Å². The van der Waals surface area contributed by atoms with Crippen LogP contribution in [0.3, 0.4) is 0 Å². The lowest BCUT2D eigenvalue weighted by atomic mass is 10.1. The summed E-state index contributed by atoms with van der Waals surface area (Å²) in [6.45, 7) is 7.54. The van der Waals surface area contributed by atoms with E-state index in [4.69, 9.17) is 30.8 Å². The van der Waals surface area contributed by atoms with E-state index in [9.17, 15) is 9.59 Å². The van der Waals surface area contributed by atoms with Gasteiger partial charge in [-0.1, -0.05) is 41.4 Å². The number of methoxy groups -OCH3 is 1. The number of carbonyl (C=O) groups excluding carboxylic acids is 1. The van der Waals surface area contributed by atoms with Gasteiger partial charge in [0, 0.05) is 10.4 Å². The Balaban J connectivity index is 2.04. The van der Waals surface area contributed by atoms with Crippen LogP contribution in [0.1, 0.15) is 51.4 Å². The summed E-state index contributed by atoms with van der Waals surface area (Å²) < 4.78 is 18.2. The molecule has 1 heterocycles. The molecule has 0 spiro atoms. The lowest BCUT2D eigenvalue weighted by Gasteiger charge is -2.17. The monoisotopic (exact) mass is 563 g/mol. The van der Waals surface area contributed by atoms with E-state index in [1.165, 1.54) is 18.0 Å². The maximum absolute atomic E-state index is 13.3. The van der Waals surface area contributed by atoms with Gasteiger partial charge in [-0.2, -0.15) is 9.78 Å². The molecule has 0 unspecified atom stereocenters. The third-order valence-electron chi connectivity index (χ3n) is 5.37. The molecule has 186 valence electrons. The van der Waals surface area contributed by atoms with Gasteiger partial charge in [-0.3, -0.25) is 4.79 Å². The molecule has 8 nitrogen and oxygen atoms in total. The van der Waals surface area contributed by atoms with E-state index in [0.717, 1.165) is 10.9 Å². The number of aromatic nitrogens is 2. The number of ether oxygens (including phenoxy) is 3. The van der Waals surface area contributed by atoms with Crippen LogP contribution in [0.4, 0.5) is 0 Å². The summed E-state index contributed by atoms with van der Waals surface area (Å²) in [6.07, 6.45) is 1.42. The Morgan fingerprint density at radius 3 is 2.66 bits per heavy atom. The first-order valence-electron chi connectivity index (χ1n) is 11.2. The van der Waals surface area contributed by atoms with Crippen molar-refractivity contribution in [3.8, 4) is 11.5 Å². The number of carbonyl (C=O) groups is 1. The van der Waals surface area contributed by atoms with Crippen LogP contribution in [0, 0.1) is 0 Å². The number of fused-ring (bicyclic) bond motifs is 1. The molecule has 0 bridgehead atoms.